The molecule has 0 aliphatic heterocycles. The Morgan fingerprint density at radius 2 is 1.86 bits per heavy atom. The standard InChI is InChI=1S/C11H15ClN2/c1-6-7(2)13-10(14-9(6)12)8-5-11(8,3)4/h8H,5H2,1-4H3. The summed E-state index contributed by atoms with van der Waals surface area (Å²) >= 11 is 6.03. The first kappa shape index (κ1) is 9.91. The third-order valence-electron chi connectivity index (χ3n) is 3.17. The predicted molar refractivity (Wildman–Crippen MR) is 57.7 cm³/mol. The third kappa shape index (κ3) is 1.52. The molecule has 1 aromatic rings. The highest BCUT2D eigenvalue weighted by Gasteiger charge is 2.48. The molecule has 0 bridgehead atoms. The summed E-state index contributed by atoms with van der Waals surface area (Å²) < 4.78 is 0. The van der Waals surface area contributed by atoms with Crippen molar-refractivity contribution in [3.8, 4) is 0 Å². The highest BCUT2D eigenvalue weighted by Crippen LogP contribution is 2.57. The molecule has 1 aromatic heterocycles. The molecular formula is C11H15ClN2. The van der Waals surface area contributed by atoms with Gasteiger partial charge in [-0.05, 0) is 25.7 Å². The summed E-state index contributed by atoms with van der Waals surface area (Å²) in [6.45, 7) is 8.43. The molecule has 1 unspecified atom stereocenters. The molecular weight excluding hydrogens is 196 g/mol. The number of nitrogens with zero attached hydrogens (tertiary/aromatic N) is 2. The van der Waals surface area contributed by atoms with Gasteiger partial charge in [0.15, 0.2) is 0 Å². The Bertz CT molecular complexity index is 362. The van der Waals surface area contributed by atoms with Crippen LogP contribution >= 0.6 is 11.6 Å². The van der Waals surface area contributed by atoms with E-state index in [0.717, 1.165) is 17.1 Å². The Morgan fingerprint density at radius 3 is 2.29 bits per heavy atom. The molecule has 1 aliphatic carbocycles. The van der Waals surface area contributed by atoms with Gasteiger partial charge in [0.1, 0.15) is 11.0 Å². The number of halogens is 1. The fourth-order valence-electron chi connectivity index (χ4n) is 1.68. The fourth-order valence-corrected chi connectivity index (χ4v) is 1.90. The summed E-state index contributed by atoms with van der Waals surface area (Å²) in [6, 6.07) is 0. The van der Waals surface area contributed by atoms with Crippen LogP contribution in [0.5, 0.6) is 0 Å². The van der Waals surface area contributed by atoms with Gasteiger partial charge in [-0.25, -0.2) is 9.97 Å². The zero-order valence-corrected chi connectivity index (χ0v) is 9.81. The fraction of sp³-hybridized carbons (Fsp3) is 0.636. The number of rotatable bonds is 1. The van der Waals surface area contributed by atoms with E-state index in [9.17, 15) is 0 Å². The van der Waals surface area contributed by atoms with E-state index >= 15 is 0 Å². The SMILES string of the molecule is Cc1nc(C2CC2(C)C)nc(Cl)c1C. The molecule has 3 heteroatoms. The summed E-state index contributed by atoms with van der Waals surface area (Å²) in [5, 5.41) is 0.607. The molecule has 76 valence electrons. The van der Waals surface area contributed by atoms with Gasteiger partial charge < -0.3 is 0 Å². The molecule has 1 fully saturated rings. The minimum Gasteiger partial charge on any atom is -0.238 e. The van der Waals surface area contributed by atoms with Gasteiger partial charge in [-0.15, -0.1) is 0 Å². The largest absolute Gasteiger partial charge is 0.238 e. The normalized spacial score (nSPS) is 23.6. The molecule has 0 aromatic carbocycles. The predicted octanol–water partition coefficient (Wildman–Crippen LogP) is 3.26. The lowest BCUT2D eigenvalue weighted by Gasteiger charge is -2.06. The highest BCUT2D eigenvalue weighted by atomic mass is 35.5. The second kappa shape index (κ2) is 2.93. The van der Waals surface area contributed by atoms with Crippen LogP contribution in [0.15, 0.2) is 0 Å². The molecule has 0 N–H and O–H groups in total. The number of aromatic nitrogens is 2. The van der Waals surface area contributed by atoms with E-state index in [1.165, 1.54) is 6.42 Å². The minimum atomic E-state index is 0.366. The van der Waals surface area contributed by atoms with Crippen molar-refractivity contribution in [3.63, 3.8) is 0 Å². The van der Waals surface area contributed by atoms with Crippen LogP contribution in [0.1, 0.15) is 43.3 Å². The van der Waals surface area contributed by atoms with Gasteiger partial charge in [-0.1, -0.05) is 25.4 Å². The molecule has 0 amide bonds. The summed E-state index contributed by atoms with van der Waals surface area (Å²) in [6.07, 6.45) is 1.17. The van der Waals surface area contributed by atoms with Crippen molar-refractivity contribution < 1.29 is 0 Å². The topological polar surface area (TPSA) is 25.8 Å². The van der Waals surface area contributed by atoms with Crippen molar-refractivity contribution in [2.75, 3.05) is 0 Å². The molecule has 1 atom stereocenters. The molecule has 2 rings (SSSR count). The molecule has 1 saturated carbocycles. The van der Waals surface area contributed by atoms with Crippen molar-refractivity contribution in [2.24, 2.45) is 5.41 Å². The van der Waals surface area contributed by atoms with Crippen LogP contribution in [-0.4, -0.2) is 9.97 Å². The van der Waals surface area contributed by atoms with Crippen LogP contribution in [0.4, 0.5) is 0 Å². The van der Waals surface area contributed by atoms with E-state index in [1.54, 1.807) is 0 Å². The second-order valence-corrected chi connectivity index (χ2v) is 5.19. The zero-order chi connectivity index (χ0) is 10.5. The van der Waals surface area contributed by atoms with Gasteiger partial charge in [0.05, 0.1) is 0 Å². The molecule has 0 radical (unpaired) electrons. The summed E-state index contributed by atoms with van der Waals surface area (Å²) in [4.78, 5) is 8.84. The molecule has 1 heterocycles. The average Bonchev–Trinajstić information content (AvgIpc) is 2.70. The van der Waals surface area contributed by atoms with E-state index in [-0.39, 0.29) is 0 Å². The Balaban J connectivity index is 2.38. The van der Waals surface area contributed by atoms with Crippen LogP contribution in [0.25, 0.3) is 0 Å². The van der Waals surface area contributed by atoms with Crippen molar-refractivity contribution in [1.82, 2.24) is 9.97 Å². The van der Waals surface area contributed by atoms with Crippen molar-refractivity contribution in [2.45, 2.75) is 40.0 Å². The van der Waals surface area contributed by atoms with Crippen molar-refractivity contribution in [1.29, 1.82) is 0 Å². The van der Waals surface area contributed by atoms with Crippen molar-refractivity contribution >= 4 is 11.6 Å². The van der Waals surface area contributed by atoms with Crippen LogP contribution in [0, 0.1) is 19.3 Å². The summed E-state index contributed by atoms with van der Waals surface area (Å²) in [5.74, 6) is 1.42. The zero-order valence-electron chi connectivity index (χ0n) is 9.06. The Hall–Kier alpha value is -0.630. The second-order valence-electron chi connectivity index (χ2n) is 4.83. The lowest BCUT2D eigenvalue weighted by molar-refractivity contribution is 0.607. The Morgan fingerprint density at radius 1 is 1.29 bits per heavy atom. The number of hydrogen-bond acceptors (Lipinski definition) is 2. The van der Waals surface area contributed by atoms with Crippen molar-refractivity contribution in [3.05, 3.63) is 22.2 Å². The van der Waals surface area contributed by atoms with Gasteiger partial charge in [0.25, 0.3) is 0 Å². The number of aryl methyl sites for hydroxylation is 1. The van der Waals surface area contributed by atoms with Crippen LogP contribution in [0.2, 0.25) is 5.15 Å². The minimum absolute atomic E-state index is 0.366. The Labute approximate surface area is 89.7 Å². The quantitative estimate of drug-likeness (QED) is 0.665. The smallest absolute Gasteiger partial charge is 0.135 e. The van der Waals surface area contributed by atoms with Crippen LogP contribution in [0.3, 0.4) is 0 Å². The first-order valence-electron chi connectivity index (χ1n) is 4.92. The molecule has 0 spiro atoms. The van der Waals surface area contributed by atoms with Gasteiger partial charge in [-0.3, -0.25) is 0 Å². The van der Waals surface area contributed by atoms with E-state index in [4.69, 9.17) is 11.6 Å². The lowest BCUT2D eigenvalue weighted by atomic mass is 10.1. The van der Waals surface area contributed by atoms with Gasteiger partial charge >= 0.3 is 0 Å². The summed E-state index contributed by atoms with van der Waals surface area (Å²) in [5.41, 5.74) is 2.36. The molecule has 1 aliphatic rings. The maximum absolute atomic E-state index is 6.03. The van der Waals surface area contributed by atoms with E-state index in [1.807, 2.05) is 13.8 Å². The van der Waals surface area contributed by atoms with E-state index in [2.05, 4.69) is 23.8 Å². The number of hydrogen-bond donors (Lipinski definition) is 0. The highest BCUT2D eigenvalue weighted by molar-refractivity contribution is 6.30. The van der Waals surface area contributed by atoms with E-state index in [0.29, 0.717) is 16.5 Å². The molecule has 2 nitrogen and oxygen atoms in total. The van der Waals surface area contributed by atoms with Gasteiger partial charge in [-0.2, -0.15) is 0 Å². The monoisotopic (exact) mass is 210 g/mol. The first-order valence-corrected chi connectivity index (χ1v) is 5.30. The maximum Gasteiger partial charge on any atom is 0.135 e. The van der Waals surface area contributed by atoms with E-state index < -0.39 is 0 Å². The average molecular weight is 211 g/mol. The first-order chi connectivity index (χ1) is 6.42. The van der Waals surface area contributed by atoms with Crippen LogP contribution < -0.4 is 0 Å². The molecule has 14 heavy (non-hydrogen) atoms. The van der Waals surface area contributed by atoms with Gasteiger partial charge in [0, 0.05) is 17.2 Å². The van der Waals surface area contributed by atoms with Gasteiger partial charge in [0.2, 0.25) is 0 Å². The summed E-state index contributed by atoms with van der Waals surface area (Å²) in [7, 11) is 0. The van der Waals surface area contributed by atoms with Crippen LogP contribution in [-0.2, 0) is 0 Å². The molecule has 0 saturated heterocycles. The lowest BCUT2D eigenvalue weighted by Crippen LogP contribution is -2.01. The Kier molecular flexibility index (Phi) is 2.07. The maximum atomic E-state index is 6.03. The third-order valence-corrected chi connectivity index (χ3v) is 3.54.